The highest BCUT2D eigenvalue weighted by Gasteiger charge is 2.11. The van der Waals surface area contributed by atoms with E-state index in [2.05, 4.69) is 10.6 Å². The van der Waals surface area contributed by atoms with Crippen LogP contribution in [0.5, 0.6) is 0 Å². The van der Waals surface area contributed by atoms with E-state index in [0.29, 0.717) is 17.1 Å². The number of hydrogen-bond donors (Lipinski definition) is 2. The molecule has 0 fully saturated rings. The van der Waals surface area contributed by atoms with E-state index in [9.17, 15) is 9.18 Å². The maximum absolute atomic E-state index is 13.7. The summed E-state index contributed by atoms with van der Waals surface area (Å²) in [6.45, 7) is 3.27. The van der Waals surface area contributed by atoms with Crippen molar-refractivity contribution in [1.29, 1.82) is 0 Å². The van der Waals surface area contributed by atoms with Gasteiger partial charge in [-0.1, -0.05) is 0 Å². The fourth-order valence-electron chi connectivity index (χ4n) is 1.76. The number of rotatable bonds is 4. The Balaban J connectivity index is 2.17. The van der Waals surface area contributed by atoms with E-state index in [0.717, 1.165) is 0 Å². The van der Waals surface area contributed by atoms with Crippen molar-refractivity contribution in [3.63, 3.8) is 0 Å². The van der Waals surface area contributed by atoms with E-state index in [1.54, 1.807) is 18.4 Å². The molecule has 2 N–H and O–H groups in total. The summed E-state index contributed by atoms with van der Waals surface area (Å²) in [6, 6.07) is 7.79. The number of anilines is 2. The molecule has 0 saturated heterocycles. The van der Waals surface area contributed by atoms with Gasteiger partial charge in [0, 0.05) is 12.6 Å². The van der Waals surface area contributed by atoms with Crippen molar-refractivity contribution in [2.24, 2.45) is 0 Å². The number of nitrogens with one attached hydrogen (secondary N) is 2. The van der Waals surface area contributed by atoms with Gasteiger partial charge in [0.05, 0.1) is 18.0 Å². The Labute approximate surface area is 110 Å². The van der Waals surface area contributed by atoms with E-state index in [1.165, 1.54) is 19.1 Å². The van der Waals surface area contributed by atoms with Crippen molar-refractivity contribution < 1.29 is 13.6 Å². The van der Waals surface area contributed by atoms with Crippen LogP contribution in [0.15, 0.2) is 41.0 Å². The van der Waals surface area contributed by atoms with Gasteiger partial charge < -0.3 is 15.1 Å². The zero-order valence-corrected chi connectivity index (χ0v) is 10.7. The summed E-state index contributed by atoms with van der Waals surface area (Å²) < 4.78 is 19.0. The second kappa shape index (κ2) is 5.56. The number of carbonyl (C=O) groups is 1. The molecule has 19 heavy (non-hydrogen) atoms. The lowest BCUT2D eigenvalue weighted by Gasteiger charge is -2.14. The minimum atomic E-state index is -0.382. The topological polar surface area (TPSA) is 54.3 Å². The molecule has 1 atom stereocenters. The molecule has 0 aliphatic heterocycles. The molecule has 0 bridgehead atoms. The molecule has 0 aliphatic rings. The smallest absolute Gasteiger partial charge is 0.221 e. The predicted octanol–water partition coefficient (Wildman–Crippen LogP) is 3.55. The van der Waals surface area contributed by atoms with Crippen molar-refractivity contribution in [3.8, 4) is 0 Å². The highest BCUT2D eigenvalue weighted by molar-refractivity contribution is 5.89. The van der Waals surface area contributed by atoms with Crippen molar-refractivity contribution in [2.75, 3.05) is 10.6 Å². The normalized spacial score (nSPS) is 11.9. The Morgan fingerprint density at radius 2 is 2.16 bits per heavy atom. The highest BCUT2D eigenvalue weighted by atomic mass is 19.1. The molecule has 0 radical (unpaired) electrons. The van der Waals surface area contributed by atoms with Crippen molar-refractivity contribution in [3.05, 3.63) is 48.2 Å². The molecular weight excluding hydrogens is 247 g/mol. The van der Waals surface area contributed by atoms with E-state index in [4.69, 9.17) is 4.42 Å². The fraction of sp³-hybridized carbons (Fsp3) is 0.214. The Morgan fingerprint density at radius 3 is 2.79 bits per heavy atom. The van der Waals surface area contributed by atoms with Crippen LogP contribution in [0.2, 0.25) is 0 Å². The van der Waals surface area contributed by atoms with Crippen molar-refractivity contribution in [1.82, 2.24) is 0 Å². The standard InChI is InChI=1S/C14H15FN2O2/c1-9(14-4-3-7-19-14)16-13-8-11(17-10(2)18)5-6-12(13)15/h3-9,16H,1-2H3,(H,17,18). The van der Waals surface area contributed by atoms with Gasteiger partial charge in [0.25, 0.3) is 0 Å². The van der Waals surface area contributed by atoms with E-state index in [1.807, 2.05) is 13.0 Å². The quantitative estimate of drug-likeness (QED) is 0.886. The summed E-state index contributed by atoms with van der Waals surface area (Å²) in [5.74, 6) is 0.133. The SMILES string of the molecule is CC(=O)Nc1ccc(F)c(NC(C)c2ccco2)c1. The summed E-state index contributed by atoms with van der Waals surface area (Å²) in [6.07, 6.45) is 1.57. The zero-order chi connectivity index (χ0) is 13.8. The number of halogens is 1. The van der Waals surface area contributed by atoms with Gasteiger partial charge in [0.15, 0.2) is 0 Å². The largest absolute Gasteiger partial charge is 0.467 e. The van der Waals surface area contributed by atoms with Crippen LogP contribution < -0.4 is 10.6 Å². The van der Waals surface area contributed by atoms with Crippen LogP contribution in [0.3, 0.4) is 0 Å². The monoisotopic (exact) mass is 262 g/mol. The third-order valence-corrected chi connectivity index (χ3v) is 2.63. The number of benzene rings is 1. The molecule has 1 aromatic heterocycles. The molecule has 2 aromatic rings. The molecule has 1 aromatic carbocycles. The van der Waals surface area contributed by atoms with E-state index < -0.39 is 0 Å². The summed E-state index contributed by atoms with van der Waals surface area (Å²) in [4.78, 5) is 11.0. The van der Waals surface area contributed by atoms with Gasteiger partial charge in [-0.25, -0.2) is 4.39 Å². The predicted molar refractivity (Wildman–Crippen MR) is 71.4 cm³/mol. The van der Waals surface area contributed by atoms with Gasteiger partial charge in [-0.2, -0.15) is 0 Å². The molecule has 4 nitrogen and oxygen atoms in total. The number of furan rings is 1. The van der Waals surface area contributed by atoms with Gasteiger partial charge >= 0.3 is 0 Å². The lowest BCUT2D eigenvalue weighted by molar-refractivity contribution is -0.114. The number of carbonyl (C=O) groups excluding carboxylic acids is 1. The van der Waals surface area contributed by atoms with Crippen LogP contribution in [0.4, 0.5) is 15.8 Å². The second-order valence-electron chi connectivity index (χ2n) is 4.26. The molecule has 100 valence electrons. The van der Waals surface area contributed by atoms with Crippen LogP contribution in [-0.2, 0) is 4.79 Å². The Kier molecular flexibility index (Phi) is 3.85. The first-order chi connectivity index (χ1) is 9.06. The lowest BCUT2D eigenvalue weighted by Crippen LogP contribution is -2.09. The average Bonchev–Trinajstić information content (AvgIpc) is 2.86. The first-order valence-electron chi connectivity index (χ1n) is 5.93. The number of hydrogen-bond acceptors (Lipinski definition) is 3. The molecule has 5 heteroatoms. The van der Waals surface area contributed by atoms with Crippen LogP contribution in [0.25, 0.3) is 0 Å². The van der Waals surface area contributed by atoms with Crippen LogP contribution in [0.1, 0.15) is 25.6 Å². The zero-order valence-electron chi connectivity index (χ0n) is 10.7. The molecule has 0 spiro atoms. The molecule has 1 heterocycles. The first kappa shape index (κ1) is 13.1. The molecule has 1 unspecified atom stereocenters. The van der Waals surface area contributed by atoms with Gasteiger partial charge in [-0.3, -0.25) is 4.79 Å². The molecule has 1 amide bonds. The van der Waals surface area contributed by atoms with Gasteiger partial charge in [0.1, 0.15) is 11.6 Å². The Morgan fingerprint density at radius 1 is 1.37 bits per heavy atom. The van der Waals surface area contributed by atoms with Gasteiger partial charge in [0.2, 0.25) is 5.91 Å². The van der Waals surface area contributed by atoms with E-state index in [-0.39, 0.29) is 17.8 Å². The fourth-order valence-corrected chi connectivity index (χ4v) is 1.76. The molecule has 0 aliphatic carbocycles. The minimum absolute atomic E-state index is 0.169. The summed E-state index contributed by atoms with van der Waals surface area (Å²) in [7, 11) is 0. The molecule has 0 saturated carbocycles. The number of amides is 1. The second-order valence-corrected chi connectivity index (χ2v) is 4.26. The minimum Gasteiger partial charge on any atom is -0.467 e. The van der Waals surface area contributed by atoms with Gasteiger partial charge in [-0.05, 0) is 37.3 Å². The first-order valence-corrected chi connectivity index (χ1v) is 5.93. The average molecular weight is 262 g/mol. The third-order valence-electron chi connectivity index (χ3n) is 2.63. The van der Waals surface area contributed by atoms with Crippen LogP contribution in [-0.4, -0.2) is 5.91 Å². The lowest BCUT2D eigenvalue weighted by atomic mass is 10.2. The maximum atomic E-state index is 13.7. The molecular formula is C14H15FN2O2. The summed E-state index contributed by atoms with van der Waals surface area (Å²) >= 11 is 0. The van der Waals surface area contributed by atoms with Crippen LogP contribution >= 0.6 is 0 Å². The van der Waals surface area contributed by atoms with Crippen molar-refractivity contribution in [2.45, 2.75) is 19.9 Å². The molecule has 2 rings (SSSR count). The Hall–Kier alpha value is -2.30. The van der Waals surface area contributed by atoms with E-state index >= 15 is 0 Å². The van der Waals surface area contributed by atoms with Crippen LogP contribution in [0, 0.1) is 5.82 Å². The Bertz CT molecular complexity index is 567. The third kappa shape index (κ3) is 3.34. The maximum Gasteiger partial charge on any atom is 0.221 e. The van der Waals surface area contributed by atoms with Crippen molar-refractivity contribution >= 4 is 17.3 Å². The van der Waals surface area contributed by atoms with Gasteiger partial charge in [-0.15, -0.1) is 0 Å². The summed E-state index contributed by atoms with van der Waals surface area (Å²) in [5.41, 5.74) is 0.859. The highest BCUT2D eigenvalue weighted by Crippen LogP contribution is 2.24. The summed E-state index contributed by atoms with van der Waals surface area (Å²) in [5, 5.41) is 5.62.